The van der Waals surface area contributed by atoms with Crippen LogP contribution in [-0.4, -0.2) is 47.0 Å². The summed E-state index contributed by atoms with van der Waals surface area (Å²) in [4.78, 5) is 0. The monoisotopic (exact) mass is 250 g/mol. The molecule has 6 heteroatoms. The third-order valence-corrected chi connectivity index (χ3v) is 4.16. The van der Waals surface area contributed by atoms with Crippen molar-refractivity contribution in [3.8, 4) is 0 Å². The first-order valence-electron chi connectivity index (χ1n) is 5.90. The summed E-state index contributed by atoms with van der Waals surface area (Å²) in [5.74, 6) is 0.792. The fraction of sp³-hybridized carbons (Fsp3) is 1.00. The number of ether oxygens (including phenoxy) is 1. The molecule has 1 heterocycles. The summed E-state index contributed by atoms with van der Waals surface area (Å²) in [6, 6.07) is 0. The van der Waals surface area contributed by atoms with Crippen LogP contribution in [0.2, 0.25) is 0 Å². The molecule has 0 radical (unpaired) electrons. The number of hydrogen-bond acceptors (Lipinski definition) is 4. The molecule has 0 bridgehead atoms. The fourth-order valence-electron chi connectivity index (χ4n) is 1.76. The van der Waals surface area contributed by atoms with E-state index in [1.54, 1.807) is 6.92 Å². The van der Waals surface area contributed by atoms with Gasteiger partial charge in [-0.1, -0.05) is 6.92 Å². The Morgan fingerprint density at radius 2 is 2.00 bits per heavy atom. The molecule has 1 aliphatic rings. The molecule has 2 N–H and O–H groups in total. The molecule has 0 aromatic carbocycles. The highest BCUT2D eigenvalue weighted by molar-refractivity contribution is 7.89. The molecule has 0 spiro atoms. The first kappa shape index (κ1) is 13.9. The van der Waals surface area contributed by atoms with E-state index in [0.29, 0.717) is 19.0 Å². The summed E-state index contributed by atoms with van der Waals surface area (Å²) >= 11 is 0. The molecule has 0 aromatic heterocycles. The molecule has 1 fully saturated rings. The van der Waals surface area contributed by atoms with Gasteiger partial charge in [0.1, 0.15) is 0 Å². The molecule has 1 rings (SSSR count). The molecule has 1 saturated heterocycles. The highest BCUT2D eigenvalue weighted by Gasteiger charge is 2.13. The second kappa shape index (κ2) is 7.21. The minimum atomic E-state index is -3.07. The van der Waals surface area contributed by atoms with Gasteiger partial charge in [0, 0.05) is 26.3 Å². The van der Waals surface area contributed by atoms with Crippen molar-refractivity contribution in [3.63, 3.8) is 0 Å². The topological polar surface area (TPSA) is 67.4 Å². The Bertz CT molecular complexity index is 274. The van der Waals surface area contributed by atoms with Crippen LogP contribution in [0.15, 0.2) is 0 Å². The first-order valence-corrected chi connectivity index (χ1v) is 7.55. The minimum absolute atomic E-state index is 0.157. The van der Waals surface area contributed by atoms with E-state index in [4.69, 9.17) is 4.74 Å². The summed E-state index contributed by atoms with van der Waals surface area (Å²) < 4.78 is 30.4. The van der Waals surface area contributed by atoms with Crippen molar-refractivity contribution >= 4 is 10.0 Å². The maximum atomic E-state index is 11.3. The van der Waals surface area contributed by atoms with Crippen molar-refractivity contribution < 1.29 is 13.2 Å². The van der Waals surface area contributed by atoms with Gasteiger partial charge in [-0.25, -0.2) is 13.1 Å². The standard InChI is InChI=1S/C10H22N2O3S/c1-2-12-16(13,14)8-5-11-9-10-3-6-15-7-4-10/h10-12H,2-9H2,1H3. The van der Waals surface area contributed by atoms with Crippen LogP contribution in [0.5, 0.6) is 0 Å². The summed E-state index contributed by atoms with van der Waals surface area (Å²) in [7, 11) is -3.07. The van der Waals surface area contributed by atoms with E-state index in [1.807, 2.05) is 0 Å². The predicted octanol–water partition coefficient (Wildman–Crippen LogP) is -0.0581. The van der Waals surface area contributed by atoms with Crippen molar-refractivity contribution in [2.75, 3.05) is 38.6 Å². The van der Waals surface area contributed by atoms with Crippen molar-refractivity contribution in [3.05, 3.63) is 0 Å². The third kappa shape index (κ3) is 5.79. The lowest BCUT2D eigenvalue weighted by Crippen LogP contribution is -2.34. The maximum absolute atomic E-state index is 11.3. The number of nitrogens with one attached hydrogen (secondary N) is 2. The molecule has 16 heavy (non-hydrogen) atoms. The largest absolute Gasteiger partial charge is 0.381 e. The molecule has 0 saturated carbocycles. The van der Waals surface area contributed by atoms with Crippen LogP contribution in [0.4, 0.5) is 0 Å². The van der Waals surface area contributed by atoms with Crippen LogP contribution >= 0.6 is 0 Å². The van der Waals surface area contributed by atoms with E-state index in [2.05, 4.69) is 10.0 Å². The highest BCUT2D eigenvalue weighted by Crippen LogP contribution is 2.12. The van der Waals surface area contributed by atoms with Crippen LogP contribution in [-0.2, 0) is 14.8 Å². The van der Waals surface area contributed by atoms with Gasteiger partial charge in [-0.3, -0.25) is 0 Å². The van der Waals surface area contributed by atoms with Gasteiger partial charge < -0.3 is 10.1 Å². The van der Waals surface area contributed by atoms with Gasteiger partial charge in [0.2, 0.25) is 10.0 Å². The molecule has 0 aliphatic carbocycles. The maximum Gasteiger partial charge on any atom is 0.212 e. The molecule has 0 aromatic rings. The van der Waals surface area contributed by atoms with Gasteiger partial charge in [0.25, 0.3) is 0 Å². The van der Waals surface area contributed by atoms with E-state index < -0.39 is 10.0 Å². The fourth-order valence-corrected chi connectivity index (χ4v) is 2.75. The zero-order valence-electron chi connectivity index (χ0n) is 9.87. The Labute approximate surface area is 98.0 Å². The van der Waals surface area contributed by atoms with E-state index in [0.717, 1.165) is 32.6 Å². The molecule has 0 atom stereocenters. The molecular formula is C10H22N2O3S. The Hall–Kier alpha value is -0.170. The van der Waals surface area contributed by atoms with Gasteiger partial charge in [0.15, 0.2) is 0 Å². The van der Waals surface area contributed by atoms with Crippen molar-refractivity contribution in [2.45, 2.75) is 19.8 Å². The molecule has 0 amide bonds. The van der Waals surface area contributed by atoms with Crippen LogP contribution in [0.1, 0.15) is 19.8 Å². The van der Waals surface area contributed by atoms with Gasteiger partial charge in [-0.05, 0) is 25.3 Å². The average molecular weight is 250 g/mol. The third-order valence-electron chi connectivity index (χ3n) is 2.69. The molecule has 1 aliphatic heterocycles. The quantitative estimate of drug-likeness (QED) is 0.621. The zero-order valence-corrected chi connectivity index (χ0v) is 10.7. The normalized spacial score (nSPS) is 18.8. The lowest BCUT2D eigenvalue weighted by Gasteiger charge is -2.22. The molecular weight excluding hydrogens is 228 g/mol. The first-order chi connectivity index (χ1) is 7.64. The molecule has 96 valence electrons. The average Bonchev–Trinajstić information content (AvgIpc) is 2.26. The lowest BCUT2D eigenvalue weighted by molar-refractivity contribution is 0.0665. The summed E-state index contributed by atoms with van der Waals surface area (Å²) in [5.41, 5.74) is 0. The summed E-state index contributed by atoms with van der Waals surface area (Å²) in [5, 5.41) is 3.19. The zero-order chi connectivity index (χ0) is 11.9. The van der Waals surface area contributed by atoms with Gasteiger partial charge in [-0.15, -0.1) is 0 Å². The van der Waals surface area contributed by atoms with Crippen molar-refractivity contribution in [1.29, 1.82) is 0 Å². The van der Waals surface area contributed by atoms with E-state index in [-0.39, 0.29) is 5.75 Å². The van der Waals surface area contributed by atoms with Crippen LogP contribution in [0, 0.1) is 5.92 Å². The number of hydrogen-bond donors (Lipinski definition) is 2. The van der Waals surface area contributed by atoms with Gasteiger partial charge in [0.05, 0.1) is 5.75 Å². The second-order valence-corrected chi connectivity index (χ2v) is 6.00. The van der Waals surface area contributed by atoms with E-state index in [9.17, 15) is 8.42 Å². The Kier molecular flexibility index (Phi) is 6.26. The second-order valence-electron chi connectivity index (χ2n) is 4.08. The summed E-state index contributed by atoms with van der Waals surface area (Å²) in [6.45, 7) is 5.33. The van der Waals surface area contributed by atoms with Crippen LogP contribution < -0.4 is 10.0 Å². The predicted molar refractivity (Wildman–Crippen MR) is 63.9 cm³/mol. The molecule has 5 nitrogen and oxygen atoms in total. The smallest absolute Gasteiger partial charge is 0.212 e. The minimum Gasteiger partial charge on any atom is -0.381 e. The van der Waals surface area contributed by atoms with E-state index in [1.165, 1.54) is 0 Å². The number of sulfonamides is 1. The number of rotatable bonds is 7. The Morgan fingerprint density at radius 3 is 2.62 bits per heavy atom. The lowest BCUT2D eigenvalue weighted by atomic mass is 10.0. The van der Waals surface area contributed by atoms with Crippen LogP contribution in [0.3, 0.4) is 0 Å². The van der Waals surface area contributed by atoms with Crippen molar-refractivity contribution in [1.82, 2.24) is 10.0 Å². The Morgan fingerprint density at radius 1 is 1.31 bits per heavy atom. The Balaban J connectivity index is 2.06. The van der Waals surface area contributed by atoms with Gasteiger partial charge in [-0.2, -0.15) is 0 Å². The van der Waals surface area contributed by atoms with E-state index >= 15 is 0 Å². The molecule has 0 unspecified atom stereocenters. The van der Waals surface area contributed by atoms with Crippen LogP contribution in [0.25, 0.3) is 0 Å². The van der Waals surface area contributed by atoms with Crippen molar-refractivity contribution in [2.24, 2.45) is 5.92 Å². The summed E-state index contributed by atoms with van der Waals surface area (Å²) in [6.07, 6.45) is 2.15. The SMILES string of the molecule is CCNS(=O)(=O)CCNCC1CCOCC1. The highest BCUT2D eigenvalue weighted by atomic mass is 32.2. The van der Waals surface area contributed by atoms with Gasteiger partial charge >= 0.3 is 0 Å².